The zero-order chi connectivity index (χ0) is 29.4. The maximum atomic E-state index is 13.9. The Labute approximate surface area is 238 Å². The van der Waals surface area contributed by atoms with Gasteiger partial charge in [0.2, 0.25) is 5.88 Å². The van der Waals surface area contributed by atoms with Crippen molar-refractivity contribution in [2.24, 2.45) is 11.3 Å². The van der Waals surface area contributed by atoms with Crippen molar-refractivity contribution < 1.29 is 42.1 Å². The van der Waals surface area contributed by atoms with Crippen molar-refractivity contribution in [2.45, 2.75) is 70.7 Å². The Morgan fingerprint density at radius 2 is 1.93 bits per heavy atom. The van der Waals surface area contributed by atoms with Crippen LogP contribution < -0.4 is 4.74 Å². The maximum Gasteiger partial charge on any atom is 0.417 e. The lowest BCUT2D eigenvalue weighted by Crippen LogP contribution is -2.50. The number of alkyl halides is 3. The van der Waals surface area contributed by atoms with Gasteiger partial charge in [-0.25, -0.2) is 9.78 Å². The lowest BCUT2D eigenvalue weighted by molar-refractivity contribution is -0.156. The fourth-order valence-corrected chi connectivity index (χ4v) is 6.21. The summed E-state index contributed by atoms with van der Waals surface area (Å²) in [5, 5.41) is 10.5. The van der Waals surface area contributed by atoms with Crippen LogP contribution in [0, 0.1) is 11.3 Å². The molecule has 0 bridgehead atoms. The van der Waals surface area contributed by atoms with Crippen LogP contribution in [-0.4, -0.2) is 58.8 Å². The molecule has 8 nitrogen and oxygen atoms in total. The summed E-state index contributed by atoms with van der Waals surface area (Å²) in [6, 6.07) is 5.87. The number of aromatic nitrogens is 1. The van der Waals surface area contributed by atoms with Crippen molar-refractivity contribution in [1.82, 2.24) is 9.88 Å². The standard InChI is InChI=1S/C28H32BrF3N2O6/c1-27(2,3)20-22(26(36)37)34(25(35)19-10-7-11-39-19)21(17-8-5-6-9-18(17)29)23(20)40-14-15-12-16(28(30,31)32)13-33-24(15)38-4/h5-6,8-9,12-13,19-23H,7,10-11,14H2,1-4H3,(H,36,37)/t19-,20+,21-,22-,23-/m0/s1. The second-order valence-corrected chi connectivity index (χ2v) is 11.9. The SMILES string of the molecule is COc1ncc(C(F)(F)F)cc1CO[C@H]1[C@H](C(C)(C)C)[C@@H](C(=O)O)N(C(=O)[C@@H]2CCCO2)[C@H]1c1ccccc1Br. The molecule has 2 aliphatic heterocycles. The highest BCUT2D eigenvalue weighted by atomic mass is 79.9. The molecule has 0 unspecified atom stereocenters. The highest BCUT2D eigenvalue weighted by Crippen LogP contribution is 2.51. The van der Waals surface area contributed by atoms with Gasteiger partial charge in [-0.2, -0.15) is 13.2 Å². The van der Waals surface area contributed by atoms with Gasteiger partial charge >= 0.3 is 12.1 Å². The Morgan fingerprint density at radius 3 is 2.48 bits per heavy atom. The van der Waals surface area contributed by atoms with Gasteiger partial charge in [0.1, 0.15) is 12.1 Å². The molecule has 0 saturated carbocycles. The third-order valence-electron chi connectivity index (χ3n) is 7.42. The number of aliphatic carboxylic acids is 1. The number of methoxy groups -OCH3 is 1. The normalized spacial score (nSPS) is 25.3. The monoisotopic (exact) mass is 628 g/mol. The molecule has 1 aromatic carbocycles. The topological polar surface area (TPSA) is 98.2 Å². The second-order valence-electron chi connectivity index (χ2n) is 11.1. The molecule has 1 N–H and O–H groups in total. The van der Waals surface area contributed by atoms with Gasteiger partial charge < -0.3 is 24.2 Å². The van der Waals surface area contributed by atoms with E-state index in [9.17, 15) is 27.9 Å². The average Bonchev–Trinajstić information content (AvgIpc) is 3.53. The number of carboxylic acid groups (broad SMARTS) is 1. The van der Waals surface area contributed by atoms with E-state index >= 15 is 0 Å². The van der Waals surface area contributed by atoms with Crippen molar-refractivity contribution in [3.05, 3.63) is 57.7 Å². The van der Waals surface area contributed by atoms with E-state index in [2.05, 4.69) is 20.9 Å². The van der Waals surface area contributed by atoms with Gasteiger partial charge in [-0.1, -0.05) is 54.9 Å². The second kappa shape index (κ2) is 11.7. The minimum atomic E-state index is -4.63. The predicted octanol–water partition coefficient (Wildman–Crippen LogP) is 5.63. The molecule has 1 amide bonds. The molecule has 4 rings (SSSR count). The summed E-state index contributed by atoms with van der Waals surface area (Å²) in [6.07, 6.45) is -4.52. The van der Waals surface area contributed by atoms with E-state index < -0.39 is 59.2 Å². The predicted molar refractivity (Wildman–Crippen MR) is 141 cm³/mol. The van der Waals surface area contributed by atoms with Crippen molar-refractivity contribution in [1.29, 1.82) is 0 Å². The molecule has 12 heteroatoms. The van der Waals surface area contributed by atoms with Crippen LogP contribution in [0.1, 0.15) is 56.3 Å². The summed E-state index contributed by atoms with van der Waals surface area (Å²) in [6.45, 7) is 5.60. The van der Waals surface area contributed by atoms with Gasteiger partial charge in [-0.15, -0.1) is 0 Å². The number of benzene rings is 1. The van der Waals surface area contributed by atoms with Gasteiger partial charge in [0.05, 0.1) is 31.4 Å². The molecular weight excluding hydrogens is 597 g/mol. The number of hydrogen-bond donors (Lipinski definition) is 1. The number of likely N-dealkylation sites (tertiary alicyclic amines) is 1. The number of halogens is 4. The zero-order valence-electron chi connectivity index (χ0n) is 22.6. The van der Waals surface area contributed by atoms with E-state index in [-0.39, 0.29) is 18.1 Å². The molecule has 40 heavy (non-hydrogen) atoms. The molecule has 2 saturated heterocycles. The van der Waals surface area contributed by atoms with Crippen molar-refractivity contribution >= 4 is 27.8 Å². The molecule has 3 heterocycles. The summed E-state index contributed by atoms with van der Waals surface area (Å²) in [7, 11) is 1.29. The Bertz CT molecular complexity index is 1250. The number of rotatable bonds is 7. The smallest absolute Gasteiger partial charge is 0.417 e. The van der Waals surface area contributed by atoms with E-state index in [4.69, 9.17) is 14.2 Å². The van der Waals surface area contributed by atoms with Gasteiger partial charge in [-0.05, 0) is 36.0 Å². The lowest BCUT2D eigenvalue weighted by Gasteiger charge is -2.35. The van der Waals surface area contributed by atoms with Crippen LogP contribution in [0.3, 0.4) is 0 Å². The summed E-state index contributed by atoms with van der Waals surface area (Å²) < 4.78 is 58.3. The molecule has 2 aliphatic rings. The molecule has 1 aromatic heterocycles. The van der Waals surface area contributed by atoms with Crippen molar-refractivity contribution in [2.75, 3.05) is 13.7 Å². The van der Waals surface area contributed by atoms with Crippen molar-refractivity contribution in [3.63, 3.8) is 0 Å². The minimum absolute atomic E-state index is 0.0437. The molecule has 0 radical (unpaired) electrons. The van der Waals surface area contributed by atoms with Crippen LogP contribution >= 0.6 is 15.9 Å². The van der Waals surface area contributed by atoms with Crippen LogP contribution in [0.4, 0.5) is 13.2 Å². The number of carboxylic acids is 1. The summed E-state index contributed by atoms with van der Waals surface area (Å²) in [5.41, 5.74) is -0.987. The maximum absolute atomic E-state index is 13.9. The number of amides is 1. The molecule has 5 atom stereocenters. The van der Waals surface area contributed by atoms with E-state index in [1.54, 1.807) is 24.3 Å². The molecule has 2 fully saturated rings. The van der Waals surface area contributed by atoms with E-state index in [1.165, 1.54) is 12.0 Å². The Morgan fingerprint density at radius 1 is 1.23 bits per heavy atom. The largest absolute Gasteiger partial charge is 0.481 e. The van der Waals surface area contributed by atoms with Gasteiger partial charge in [0.25, 0.3) is 5.91 Å². The molecular formula is C28H32BrF3N2O6. The molecule has 0 aliphatic carbocycles. The number of carbonyl (C=O) groups excluding carboxylic acids is 1. The Balaban J connectivity index is 1.84. The van der Waals surface area contributed by atoms with Crippen LogP contribution in [0.15, 0.2) is 41.0 Å². The Hall–Kier alpha value is -2.70. The third-order valence-corrected chi connectivity index (χ3v) is 8.14. The molecule has 2 aromatic rings. The van der Waals surface area contributed by atoms with Gasteiger partial charge in [0.15, 0.2) is 0 Å². The van der Waals surface area contributed by atoms with Gasteiger partial charge in [-0.3, -0.25) is 4.79 Å². The summed E-state index contributed by atoms with van der Waals surface area (Å²) >= 11 is 3.54. The number of nitrogens with zero attached hydrogens (tertiary/aromatic N) is 2. The lowest BCUT2D eigenvalue weighted by atomic mass is 9.73. The van der Waals surface area contributed by atoms with Crippen LogP contribution in [0.5, 0.6) is 5.88 Å². The fourth-order valence-electron chi connectivity index (χ4n) is 5.69. The van der Waals surface area contributed by atoms with Crippen molar-refractivity contribution in [3.8, 4) is 5.88 Å². The Kier molecular flexibility index (Phi) is 8.82. The van der Waals surface area contributed by atoms with Crippen LogP contribution in [0.2, 0.25) is 0 Å². The number of ether oxygens (including phenoxy) is 3. The number of hydrogen-bond acceptors (Lipinski definition) is 6. The van der Waals surface area contributed by atoms with E-state index in [0.29, 0.717) is 35.7 Å². The first-order valence-electron chi connectivity index (χ1n) is 12.9. The third kappa shape index (κ3) is 5.99. The first-order valence-corrected chi connectivity index (χ1v) is 13.7. The van der Waals surface area contributed by atoms with Gasteiger partial charge in [0, 0.05) is 28.8 Å². The minimum Gasteiger partial charge on any atom is -0.481 e. The highest BCUT2D eigenvalue weighted by Gasteiger charge is 2.60. The summed E-state index contributed by atoms with van der Waals surface area (Å²) in [5.74, 6) is -2.44. The number of pyridine rings is 1. The molecule has 0 spiro atoms. The first kappa shape index (κ1) is 30.3. The van der Waals surface area contributed by atoms with Crippen LogP contribution in [0.25, 0.3) is 0 Å². The fraction of sp³-hybridized carbons (Fsp3) is 0.536. The summed E-state index contributed by atoms with van der Waals surface area (Å²) in [4.78, 5) is 31.9. The zero-order valence-corrected chi connectivity index (χ0v) is 24.2. The highest BCUT2D eigenvalue weighted by molar-refractivity contribution is 9.10. The molecule has 218 valence electrons. The quantitative estimate of drug-likeness (QED) is 0.424. The average molecular weight is 629 g/mol. The van der Waals surface area contributed by atoms with Crippen LogP contribution in [-0.2, 0) is 31.8 Å². The van der Waals surface area contributed by atoms with E-state index in [1.807, 2.05) is 20.8 Å². The first-order chi connectivity index (χ1) is 18.8. The number of carbonyl (C=O) groups is 2. The van der Waals surface area contributed by atoms with E-state index in [0.717, 1.165) is 6.07 Å².